The Balaban J connectivity index is 1.40. The Morgan fingerprint density at radius 1 is 1.38 bits per heavy atom. The third-order valence-electron chi connectivity index (χ3n) is 6.20. The van der Waals surface area contributed by atoms with Crippen LogP contribution in [-0.2, 0) is 20.8 Å². The van der Waals surface area contributed by atoms with E-state index in [1.165, 1.54) is 7.11 Å². The average Bonchev–Trinajstić information content (AvgIpc) is 3.17. The number of hydrogen-bond acceptors (Lipinski definition) is 8. The van der Waals surface area contributed by atoms with Gasteiger partial charge in [-0.3, -0.25) is 9.69 Å². The van der Waals surface area contributed by atoms with Gasteiger partial charge in [0.15, 0.2) is 0 Å². The molecular weight excluding hydrogens is 376 g/mol. The standard InChI is InChI=1S/C20H28N4O5/c1-19(21-17(26)12-27-2)13-20(28-11-16(19)25)6-8-24(9-7-20)10-14-4-3-5-15-18(14)23-29-22-15/h3-5,16,25H,6-13H2,1-2H3,(H,21,26)/t16-,19-/m0/s1. The van der Waals surface area contributed by atoms with Crippen molar-refractivity contribution in [3.8, 4) is 0 Å². The number of aliphatic hydroxyl groups is 1. The number of amides is 1. The van der Waals surface area contributed by atoms with Crippen molar-refractivity contribution >= 4 is 16.9 Å². The summed E-state index contributed by atoms with van der Waals surface area (Å²) >= 11 is 0. The number of likely N-dealkylation sites (tertiary alicyclic amines) is 1. The molecule has 1 amide bonds. The van der Waals surface area contributed by atoms with Crippen molar-refractivity contribution < 1.29 is 24.0 Å². The largest absolute Gasteiger partial charge is 0.388 e. The molecule has 2 fully saturated rings. The zero-order valence-electron chi connectivity index (χ0n) is 16.9. The predicted octanol–water partition coefficient (Wildman–Crippen LogP) is 0.860. The van der Waals surface area contributed by atoms with E-state index in [0.717, 1.165) is 49.1 Å². The molecule has 0 bridgehead atoms. The quantitative estimate of drug-likeness (QED) is 0.755. The number of piperidine rings is 1. The Labute approximate surface area is 169 Å². The summed E-state index contributed by atoms with van der Waals surface area (Å²) in [6.07, 6.45) is 1.50. The van der Waals surface area contributed by atoms with Gasteiger partial charge in [-0.15, -0.1) is 0 Å². The molecule has 4 rings (SSSR count). The summed E-state index contributed by atoms with van der Waals surface area (Å²) < 4.78 is 15.9. The minimum Gasteiger partial charge on any atom is -0.388 e. The Morgan fingerprint density at radius 2 is 2.17 bits per heavy atom. The maximum atomic E-state index is 12.1. The fourth-order valence-electron chi connectivity index (χ4n) is 4.56. The van der Waals surface area contributed by atoms with Crippen LogP contribution in [0.2, 0.25) is 0 Å². The van der Waals surface area contributed by atoms with Gasteiger partial charge in [0.1, 0.15) is 23.7 Å². The summed E-state index contributed by atoms with van der Waals surface area (Å²) in [6.45, 7) is 4.58. The lowest BCUT2D eigenvalue weighted by molar-refractivity contribution is -0.182. The van der Waals surface area contributed by atoms with E-state index in [9.17, 15) is 9.90 Å². The highest BCUT2D eigenvalue weighted by Gasteiger charge is 2.50. The first kappa shape index (κ1) is 20.2. The van der Waals surface area contributed by atoms with Gasteiger partial charge in [0.2, 0.25) is 5.91 Å². The van der Waals surface area contributed by atoms with Crippen LogP contribution < -0.4 is 5.32 Å². The molecule has 2 aromatic rings. The molecule has 0 radical (unpaired) electrons. The highest BCUT2D eigenvalue weighted by atomic mass is 16.6. The van der Waals surface area contributed by atoms with E-state index in [1.807, 2.05) is 25.1 Å². The molecule has 9 nitrogen and oxygen atoms in total. The molecule has 2 saturated heterocycles. The Morgan fingerprint density at radius 3 is 2.93 bits per heavy atom. The maximum absolute atomic E-state index is 12.1. The van der Waals surface area contributed by atoms with E-state index in [0.29, 0.717) is 6.42 Å². The molecule has 2 aliphatic heterocycles. The van der Waals surface area contributed by atoms with Gasteiger partial charge in [-0.2, -0.15) is 0 Å². The molecule has 2 atom stereocenters. The zero-order valence-corrected chi connectivity index (χ0v) is 16.9. The smallest absolute Gasteiger partial charge is 0.246 e. The number of aromatic nitrogens is 2. The number of carbonyl (C=O) groups is 1. The Hall–Kier alpha value is -2.07. The number of rotatable bonds is 5. The number of fused-ring (bicyclic) bond motifs is 1. The summed E-state index contributed by atoms with van der Waals surface area (Å²) in [5, 5.41) is 21.4. The molecule has 29 heavy (non-hydrogen) atoms. The number of nitrogens with one attached hydrogen (secondary N) is 1. The van der Waals surface area contributed by atoms with Crippen LogP contribution in [0.15, 0.2) is 22.8 Å². The summed E-state index contributed by atoms with van der Waals surface area (Å²) in [4.78, 5) is 14.4. The third kappa shape index (κ3) is 4.13. The van der Waals surface area contributed by atoms with Crippen molar-refractivity contribution in [2.24, 2.45) is 0 Å². The number of benzene rings is 1. The Kier molecular flexibility index (Phi) is 5.56. The second kappa shape index (κ2) is 7.98. The normalized spacial score (nSPS) is 27.3. The molecule has 0 saturated carbocycles. The van der Waals surface area contributed by atoms with Crippen molar-refractivity contribution in [2.45, 2.75) is 50.0 Å². The first-order chi connectivity index (χ1) is 13.9. The van der Waals surface area contributed by atoms with Crippen molar-refractivity contribution in [1.29, 1.82) is 0 Å². The molecule has 1 aromatic heterocycles. The van der Waals surface area contributed by atoms with E-state index in [1.54, 1.807) is 0 Å². The van der Waals surface area contributed by atoms with E-state index >= 15 is 0 Å². The lowest BCUT2D eigenvalue weighted by Crippen LogP contribution is -2.66. The molecule has 158 valence electrons. The zero-order chi connectivity index (χ0) is 20.5. The van der Waals surface area contributed by atoms with Crippen LogP contribution in [-0.4, -0.2) is 76.9 Å². The number of carbonyl (C=O) groups excluding carboxylic acids is 1. The molecule has 0 aliphatic carbocycles. The van der Waals surface area contributed by atoms with Crippen LogP contribution >= 0.6 is 0 Å². The highest BCUT2D eigenvalue weighted by molar-refractivity contribution is 5.78. The second-order valence-electron chi connectivity index (χ2n) is 8.41. The average molecular weight is 404 g/mol. The maximum Gasteiger partial charge on any atom is 0.246 e. The lowest BCUT2D eigenvalue weighted by Gasteiger charge is -2.52. The van der Waals surface area contributed by atoms with E-state index in [2.05, 4.69) is 20.5 Å². The molecule has 1 spiro atoms. The molecule has 2 N–H and O–H groups in total. The molecular formula is C20H28N4O5. The lowest BCUT2D eigenvalue weighted by atomic mass is 9.74. The van der Waals surface area contributed by atoms with Crippen LogP contribution in [0.4, 0.5) is 0 Å². The van der Waals surface area contributed by atoms with E-state index in [4.69, 9.17) is 14.1 Å². The molecule has 2 aliphatic rings. The molecule has 1 aromatic carbocycles. The van der Waals surface area contributed by atoms with Crippen molar-refractivity contribution in [2.75, 3.05) is 33.4 Å². The molecule has 0 unspecified atom stereocenters. The topological polar surface area (TPSA) is 110 Å². The Bertz CT molecular complexity index is 863. The summed E-state index contributed by atoms with van der Waals surface area (Å²) in [6, 6.07) is 5.90. The van der Waals surface area contributed by atoms with Crippen molar-refractivity contribution in [3.63, 3.8) is 0 Å². The summed E-state index contributed by atoms with van der Waals surface area (Å²) in [7, 11) is 1.48. The number of nitrogens with zero attached hydrogens (tertiary/aromatic N) is 3. The van der Waals surface area contributed by atoms with Crippen LogP contribution in [0, 0.1) is 0 Å². The van der Waals surface area contributed by atoms with Gasteiger partial charge in [0, 0.05) is 33.2 Å². The van der Waals surface area contributed by atoms with Crippen LogP contribution in [0.1, 0.15) is 31.7 Å². The summed E-state index contributed by atoms with van der Waals surface area (Å²) in [5.41, 5.74) is 1.60. The van der Waals surface area contributed by atoms with Gasteiger partial charge in [-0.1, -0.05) is 12.1 Å². The van der Waals surface area contributed by atoms with Crippen LogP contribution in [0.5, 0.6) is 0 Å². The fraction of sp³-hybridized carbons (Fsp3) is 0.650. The molecule has 3 heterocycles. The summed E-state index contributed by atoms with van der Waals surface area (Å²) in [5.74, 6) is -0.224. The first-order valence-corrected chi connectivity index (χ1v) is 9.98. The third-order valence-corrected chi connectivity index (χ3v) is 6.20. The van der Waals surface area contributed by atoms with Gasteiger partial charge in [0.05, 0.1) is 17.7 Å². The SMILES string of the molecule is COCC(=O)N[C@@]1(C)CC2(CCN(Cc3cccc4nonc34)CC2)OC[C@@H]1O. The van der Waals surface area contributed by atoms with E-state index in [-0.39, 0.29) is 24.7 Å². The second-order valence-corrected chi connectivity index (χ2v) is 8.41. The van der Waals surface area contributed by atoms with Gasteiger partial charge >= 0.3 is 0 Å². The van der Waals surface area contributed by atoms with Gasteiger partial charge in [0.25, 0.3) is 0 Å². The first-order valence-electron chi connectivity index (χ1n) is 9.98. The minimum atomic E-state index is -0.746. The van der Waals surface area contributed by atoms with Crippen molar-refractivity contribution in [3.05, 3.63) is 23.8 Å². The van der Waals surface area contributed by atoms with E-state index < -0.39 is 11.6 Å². The van der Waals surface area contributed by atoms with Gasteiger partial charge in [-0.05, 0) is 41.7 Å². The monoisotopic (exact) mass is 404 g/mol. The van der Waals surface area contributed by atoms with Gasteiger partial charge < -0.3 is 19.9 Å². The van der Waals surface area contributed by atoms with Crippen molar-refractivity contribution in [1.82, 2.24) is 20.5 Å². The minimum absolute atomic E-state index is 0.0214. The van der Waals surface area contributed by atoms with Crippen LogP contribution in [0.25, 0.3) is 11.0 Å². The number of methoxy groups -OCH3 is 1. The number of aliphatic hydroxyl groups excluding tert-OH is 1. The number of hydrogen-bond donors (Lipinski definition) is 2. The fourth-order valence-corrected chi connectivity index (χ4v) is 4.56. The van der Waals surface area contributed by atoms with Crippen LogP contribution in [0.3, 0.4) is 0 Å². The number of ether oxygens (including phenoxy) is 2. The van der Waals surface area contributed by atoms with Gasteiger partial charge in [-0.25, -0.2) is 4.63 Å². The predicted molar refractivity (Wildman–Crippen MR) is 104 cm³/mol. The highest BCUT2D eigenvalue weighted by Crippen LogP contribution is 2.40. The molecule has 9 heteroatoms.